The van der Waals surface area contributed by atoms with Crippen molar-refractivity contribution in [2.24, 2.45) is 0 Å². The van der Waals surface area contributed by atoms with Crippen molar-refractivity contribution in [1.82, 2.24) is 20.3 Å². The number of rotatable bonds is 4. The highest BCUT2D eigenvalue weighted by molar-refractivity contribution is 6.32. The van der Waals surface area contributed by atoms with E-state index in [1.807, 2.05) is 13.0 Å². The molecule has 0 saturated heterocycles. The summed E-state index contributed by atoms with van der Waals surface area (Å²) in [5.74, 6) is 0.578. The van der Waals surface area contributed by atoms with E-state index in [1.54, 1.807) is 31.5 Å². The highest BCUT2D eigenvalue weighted by Crippen LogP contribution is 2.41. The van der Waals surface area contributed by atoms with Crippen LogP contribution in [0.3, 0.4) is 0 Å². The highest BCUT2D eigenvalue weighted by atomic mass is 35.5. The number of nitrogens with one attached hydrogen (secondary N) is 3. The Balaban J connectivity index is 1.92. The van der Waals surface area contributed by atoms with Gasteiger partial charge >= 0.3 is 0 Å². The summed E-state index contributed by atoms with van der Waals surface area (Å²) in [6, 6.07) is 7.10. The van der Waals surface area contributed by atoms with Gasteiger partial charge in [-0.3, -0.25) is 4.79 Å². The van der Waals surface area contributed by atoms with E-state index in [0.29, 0.717) is 45.6 Å². The minimum Gasteiger partial charge on any atom is -0.493 e. The molecule has 1 aliphatic rings. The average molecular weight is 399 g/mol. The Morgan fingerprint density at radius 3 is 2.93 bits per heavy atom. The molecule has 3 aromatic rings. The van der Waals surface area contributed by atoms with E-state index in [4.69, 9.17) is 22.1 Å². The highest BCUT2D eigenvalue weighted by Gasteiger charge is 2.31. The number of carbonyl (C=O) groups is 1. The maximum Gasteiger partial charge on any atom is 0.255 e. The van der Waals surface area contributed by atoms with Crippen molar-refractivity contribution in [2.45, 2.75) is 12.8 Å². The molecule has 0 radical (unpaired) electrons. The first-order chi connectivity index (χ1) is 13.5. The lowest BCUT2D eigenvalue weighted by molar-refractivity contribution is 0.0942. The fourth-order valence-electron chi connectivity index (χ4n) is 3.34. The van der Waals surface area contributed by atoms with Gasteiger partial charge in [0.1, 0.15) is 0 Å². The van der Waals surface area contributed by atoms with E-state index >= 15 is 0 Å². The Morgan fingerprint density at radius 1 is 1.36 bits per heavy atom. The van der Waals surface area contributed by atoms with E-state index in [-0.39, 0.29) is 17.8 Å². The summed E-state index contributed by atoms with van der Waals surface area (Å²) in [6.45, 7) is 2.59. The topological polar surface area (TPSA) is 118 Å². The predicted octanol–water partition coefficient (Wildman–Crippen LogP) is 3.31. The van der Waals surface area contributed by atoms with E-state index in [0.717, 1.165) is 5.69 Å². The van der Waals surface area contributed by atoms with Gasteiger partial charge in [-0.05, 0) is 18.2 Å². The van der Waals surface area contributed by atoms with Gasteiger partial charge in [-0.1, -0.05) is 24.6 Å². The smallest absolute Gasteiger partial charge is 0.255 e. The van der Waals surface area contributed by atoms with Crippen molar-refractivity contribution < 1.29 is 9.53 Å². The number of nitrogen functional groups attached to an aromatic ring is 1. The van der Waals surface area contributed by atoms with Crippen LogP contribution in [0.1, 0.15) is 28.9 Å². The first-order valence-corrected chi connectivity index (χ1v) is 9.09. The minimum atomic E-state index is -0.166. The SMILES string of the molecule is COc1c(Cl)cccc1Nc1c(-c2ccnc(N)n2)[nH]c2c1C(=O)NCC2C. The maximum absolute atomic E-state index is 12.7. The summed E-state index contributed by atoms with van der Waals surface area (Å²) in [5.41, 5.74) is 9.57. The number of H-pyrrole nitrogens is 1. The number of fused-ring (bicyclic) bond motifs is 1. The second-order valence-corrected chi connectivity index (χ2v) is 6.93. The van der Waals surface area contributed by atoms with Crippen LogP contribution in [-0.4, -0.2) is 34.5 Å². The molecule has 1 aromatic carbocycles. The number of hydrogen-bond donors (Lipinski definition) is 4. The van der Waals surface area contributed by atoms with Crippen molar-refractivity contribution in [3.63, 3.8) is 0 Å². The molecule has 0 aliphatic carbocycles. The zero-order valence-corrected chi connectivity index (χ0v) is 16.1. The third-order valence-electron chi connectivity index (χ3n) is 4.68. The van der Waals surface area contributed by atoms with Gasteiger partial charge in [0.25, 0.3) is 5.91 Å². The summed E-state index contributed by atoms with van der Waals surface area (Å²) in [7, 11) is 1.54. The number of nitrogens with zero attached hydrogens (tertiary/aromatic N) is 2. The number of hydrogen-bond acceptors (Lipinski definition) is 6. The molecule has 2 aromatic heterocycles. The summed E-state index contributed by atoms with van der Waals surface area (Å²) >= 11 is 6.25. The number of aromatic nitrogens is 3. The van der Waals surface area contributed by atoms with Gasteiger partial charge < -0.3 is 26.1 Å². The largest absolute Gasteiger partial charge is 0.493 e. The Labute approximate surface area is 166 Å². The zero-order valence-electron chi connectivity index (χ0n) is 15.3. The molecule has 1 unspecified atom stereocenters. The van der Waals surface area contributed by atoms with E-state index in [2.05, 4.69) is 25.6 Å². The lowest BCUT2D eigenvalue weighted by atomic mass is 9.98. The molecule has 0 spiro atoms. The number of ether oxygens (including phenoxy) is 1. The lowest BCUT2D eigenvalue weighted by Crippen LogP contribution is -2.33. The van der Waals surface area contributed by atoms with Crippen LogP contribution in [0.2, 0.25) is 5.02 Å². The molecule has 4 rings (SSSR count). The number of nitrogens with two attached hydrogens (primary N) is 1. The molecule has 8 nitrogen and oxygen atoms in total. The van der Waals surface area contributed by atoms with Gasteiger partial charge in [0.2, 0.25) is 5.95 Å². The van der Waals surface area contributed by atoms with Crippen molar-refractivity contribution in [1.29, 1.82) is 0 Å². The summed E-state index contributed by atoms with van der Waals surface area (Å²) in [5, 5.41) is 6.68. The molecular weight excluding hydrogens is 380 g/mol. The maximum atomic E-state index is 12.7. The summed E-state index contributed by atoms with van der Waals surface area (Å²) in [6.07, 6.45) is 1.57. The first kappa shape index (κ1) is 18.1. The number of halogens is 1. The molecule has 1 aliphatic heterocycles. The Kier molecular flexibility index (Phi) is 4.56. The molecule has 1 amide bonds. The molecule has 28 heavy (non-hydrogen) atoms. The van der Waals surface area contributed by atoms with Crippen LogP contribution in [0.5, 0.6) is 5.75 Å². The zero-order chi connectivity index (χ0) is 19.8. The van der Waals surface area contributed by atoms with Crippen molar-refractivity contribution >= 4 is 34.8 Å². The Hall–Kier alpha value is -3.26. The second-order valence-electron chi connectivity index (χ2n) is 6.52. The number of methoxy groups -OCH3 is 1. The summed E-state index contributed by atoms with van der Waals surface area (Å²) in [4.78, 5) is 24.3. The number of para-hydroxylation sites is 1. The van der Waals surface area contributed by atoms with Crippen LogP contribution in [0.25, 0.3) is 11.4 Å². The molecule has 1 atom stereocenters. The number of amides is 1. The standard InChI is InChI=1S/C19H19ClN6O2/c1-9-8-23-18(27)13-14(9)26-15(11-6-7-22-19(21)25-11)16(13)24-12-5-3-4-10(20)17(12)28-2/h3-7,9,24,26H,8H2,1-2H3,(H,23,27)(H2,21,22,25). The number of benzene rings is 1. The van der Waals surface area contributed by atoms with Crippen LogP contribution in [-0.2, 0) is 0 Å². The second kappa shape index (κ2) is 7.05. The van der Waals surface area contributed by atoms with Crippen LogP contribution >= 0.6 is 11.6 Å². The minimum absolute atomic E-state index is 0.113. The van der Waals surface area contributed by atoms with Gasteiger partial charge in [0.15, 0.2) is 5.75 Å². The molecule has 0 fully saturated rings. The fraction of sp³-hybridized carbons (Fsp3) is 0.211. The summed E-state index contributed by atoms with van der Waals surface area (Å²) < 4.78 is 5.43. The van der Waals surface area contributed by atoms with E-state index < -0.39 is 0 Å². The fourth-order valence-corrected chi connectivity index (χ4v) is 3.59. The van der Waals surface area contributed by atoms with E-state index in [9.17, 15) is 4.79 Å². The lowest BCUT2D eigenvalue weighted by Gasteiger charge is -2.20. The molecular formula is C19H19ClN6O2. The van der Waals surface area contributed by atoms with Crippen molar-refractivity contribution in [3.8, 4) is 17.1 Å². The monoisotopic (exact) mass is 398 g/mol. The van der Waals surface area contributed by atoms with Crippen LogP contribution < -0.4 is 21.1 Å². The Bertz CT molecular complexity index is 1060. The predicted molar refractivity (Wildman–Crippen MR) is 108 cm³/mol. The number of anilines is 3. The third kappa shape index (κ3) is 3.01. The van der Waals surface area contributed by atoms with Crippen LogP contribution in [0, 0.1) is 0 Å². The first-order valence-electron chi connectivity index (χ1n) is 8.72. The molecule has 0 bridgehead atoms. The molecule has 3 heterocycles. The molecule has 144 valence electrons. The quantitative estimate of drug-likeness (QED) is 0.535. The van der Waals surface area contributed by atoms with Gasteiger partial charge in [0, 0.05) is 24.4 Å². The molecule has 0 saturated carbocycles. The van der Waals surface area contributed by atoms with Gasteiger partial charge in [0.05, 0.1) is 40.5 Å². The van der Waals surface area contributed by atoms with Crippen molar-refractivity contribution in [3.05, 3.63) is 46.7 Å². The van der Waals surface area contributed by atoms with Gasteiger partial charge in [-0.2, -0.15) is 0 Å². The van der Waals surface area contributed by atoms with E-state index in [1.165, 1.54) is 0 Å². The molecule has 9 heteroatoms. The van der Waals surface area contributed by atoms with Crippen LogP contribution in [0.15, 0.2) is 30.5 Å². The number of carbonyl (C=O) groups excluding carboxylic acids is 1. The third-order valence-corrected chi connectivity index (χ3v) is 4.98. The van der Waals surface area contributed by atoms with Crippen molar-refractivity contribution in [2.75, 3.05) is 24.7 Å². The average Bonchev–Trinajstić information content (AvgIpc) is 3.06. The van der Waals surface area contributed by atoms with Crippen LogP contribution in [0.4, 0.5) is 17.3 Å². The van der Waals surface area contributed by atoms with Gasteiger partial charge in [-0.25, -0.2) is 9.97 Å². The number of aromatic amines is 1. The normalized spacial score (nSPS) is 15.7. The molecule has 5 N–H and O–H groups in total. The van der Waals surface area contributed by atoms with Gasteiger partial charge in [-0.15, -0.1) is 0 Å². The Morgan fingerprint density at radius 2 is 2.18 bits per heavy atom.